The fraction of sp³-hybridized carbons (Fsp3) is 0.381. The van der Waals surface area contributed by atoms with Crippen LogP contribution in [0.15, 0.2) is 48.5 Å². The van der Waals surface area contributed by atoms with E-state index in [0.717, 1.165) is 29.8 Å². The molecule has 152 valence electrons. The van der Waals surface area contributed by atoms with Gasteiger partial charge in [0.25, 0.3) is 0 Å². The lowest BCUT2D eigenvalue weighted by Crippen LogP contribution is -2.47. The van der Waals surface area contributed by atoms with Crippen LogP contribution >= 0.6 is 0 Å². The second-order valence-electron chi connectivity index (χ2n) is 6.75. The molecule has 2 aromatic carbocycles. The monoisotopic (exact) mass is 406 g/mol. The summed E-state index contributed by atoms with van der Waals surface area (Å²) in [5.41, 5.74) is 2.05. The minimum absolute atomic E-state index is 0.251. The smallest absolute Gasteiger partial charge is 0.248 e. The molecule has 0 aliphatic rings. The van der Waals surface area contributed by atoms with Gasteiger partial charge in [-0.2, -0.15) is 0 Å². The van der Waals surface area contributed by atoms with Crippen molar-refractivity contribution in [3.63, 3.8) is 0 Å². The Labute approximate surface area is 166 Å². The molecule has 1 unspecified atom stereocenters. The third-order valence-electron chi connectivity index (χ3n) is 4.45. The molecular formula is C21H27FN2O3S. The van der Waals surface area contributed by atoms with E-state index in [9.17, 15) is 17.6 Å². The van der Waals surface area contributed by atoms with Crippen LogP contribution in [0.4, 0.5) is 15.8 Å². The zero-order chi connectivity index (χ0) is 20.7. The van der Waals surface area contributed by atoms with Crippen molar-refractivity contribution >= 4 is 27.3 Å². The fourth-order valence-electron chi connectivity index (χ4n) is 3.01. The van der Waals surface area contributed by atoms with E-state index in [2.05, 4.69) is 12.2 Å². The second-order valence-corrected chi connectivity index (χ2v) is 8.61. The average Bonchev–Trinajstić information content (AvgIpc) is 2.65. The van der Waals surface area contributed by atoms with Crippen LogP contribution in [-0.2, 0) is 21.2 Å². The summed E-state index contributed by atoms with van der Waals surface area (Å²) in [6.07, 6.45) is 4.50. The molecule has 0 saturated heterocycles. The Hall–Kier alpha value is -2.41. The Kier molecular flexibility index (Phi) is 7.57. The van der Waals surface area contributed by atoms with Gasteiger partial charge in [-0.05, 0) is 61.2 Å². The maximum Gasteiger partial charge on any atom is 0.248 e. The third-order valence-corrected chi connectivity index (χ3v) is 5.63. The van der Waals surface area contributed by atoms with Crippen LogP contribution in [0.3, 0.4) is 0 Å². The molecule has 0 saturated carbocycles. The van der Waals surface area contributed by atoms with Crippen molar-refractivity contribution in [1.29, 1.82) is 0 Å². The zero-order valence-electron chi connectivity index (χ0n) is 16.5. The molecule has 0 aliphatic heterocycles. The molecule has 0 bridgehead atoms. The zero-order valence-corrected chi connectivity index (χ0v) is 17.3. The maximum atomic E-state index is 13.2. The normalized spacial score (nSPS) is 12.4. The Bertz CT molecular complexity index is 881. The summed E-state index contributed by atoms with van der Waals surface area (Å²) in [7, 11) is -3.75. The first-order valence-electron chi connectivity index (χ1n) is 9.41. The van der Waals surface area contributed by atoms with Crippen LogP contribution in [0.25, 0.3) is 0 Å². The number of unbranched alkanes of at least 4 members (excludes halogenated alkanes) is 1. The van der Waals surface area contributed by atoms with Gasteiger partial charge in [-0.3, -0.25) is 9.10 Å². The van der Waals surface area contributed by atoms with Crippen molar-refractivity contribution in [2.75, 3.05) is 15.9 Å². The molecule has 1 atom stereocenters. The van der Waals surface area contributed by atoms with Gasteiger partial charge in [-0.25, -0.2) is 12.8 Å². The molecule has 0 fully saturated rings. The van der Waals surface area contributed by atoms with Gasteiger partial charge in [0, 0.05) is 5.69 Å². The molecule has 0 radical (unpaired) electrons. The quantitative estimate of drug-likeness (QED) is 0.673. The maximum absolute atomic E-state index is 13.2. The number of rotatable bonds is 9. The first kappa shape index (κ1) is 21.9. The number of hydrogen-bond donors (Lipinski definition) is 1. The van der Waals surface area contributed by atoms with Crippen molar-refractivity contribution in [2.24, 2.45) is 0 Å². The molecule has 0 spiro atoms. The van der Waals surface area contributed by atoms with E-state index in [4.69, 9.17) is 0 Å². The topological polar surface area (TPSA) is 66.5 Å². The SMILES string of the molecule is CCCCc1ccc(NC(=O)C(CC)N(c2ccc(F)cc2)S(C)(=O)=O)cc1. The number of carbonyl (C=O) groups excluding carboxylic acids is 1. The van der Waals surface area contributed by atoms with Gasteiger partial charge in [0.15, 0.2) is 0 Å². The van der Waals surface area contributed by atoms with E-state index in [1.165, 1.54) is 29.8 Å². The highest BCUT2D eigenvalue weighted by molar-refractivity contribution is 7.92. The van der Waals surface area contributed by atoms with Crippen LogP contribution in [0.1, 0.15) is 38.7 Å². The molecule has 1 N–H and O–H groups in total. The Morgan fingerprint density at radius 2 is 1.68 bits per heavy atom. The summed E-state index contributed by atoms with van der Waals surface area (Å²) in [6.45, 7) is 3.87. The van der Waals surface area contributed by atoms with E-state index in [1.54, 1.807) is 6.92 Å². The van der Waals surface area contributed by atoms with Crippen molar-refractivity contribution in [3.8, 4) is 0 Å². The van der Waals surface area contributed by atoms with Crippen molar-refractivity contribution in [2.45, 2.75) is 45.6 Å². The van der Waals surface area contributed by atoms with E-state index in [-0.39, 0.29) is 12.1 Å². The van der Waals surface area contributed by atoms with Gasteiger partial charge in [-0.1, -0.05) is 32.4 Å². The number of sulfonamides is 1. The van der Waals surface area contributed by atoms with Gasteiger partial charge in [-0.15, -0.1) is 0 Å². The molecular weight excluding hydrogens is 379 g/mol. The molecule has 2 rings (SSSR count). The van der Waals surface area contributed by atoms with Gasteiger partial charge in [0.05, 0.1) is 11.9 Å². The minimum Gasteiger partial charge on any atom is -0.324 e. The van der Waals surface area contributed by atoms with E-state index in [1.807, 2.05) is 24.3 Å². The number of amides is 1. The number of halogens is 1. The molecule has 7 heteroatoms. The summed E-state index contributed by atoms with van der Waals surface area (Å²) >= 11 is 0. The molecule has 0 aromatic heterocycles. The summed E-state index contributed by atoms with van der Waals surface area (Å²) in [6, 6.07) is 11.7. The number of anilines is 2. The number of benzene rings is 2. The molecule has 0 aliphatic carbocycles. The van der Waals surface area contributed by atoms with Crippen molar-refractivity contribution in [3.05, 3.63) is 59.9 Å². The lowest BCUT2D eigenvalue weighted by Gasteiger charge is -2.30. The summed E-state index contributed by atoms with van der Waals surface area (Å²) in [5.74, 6) is -0.906. The lowest BCUT2D eigenvalue weighted by molar-refractivity contribution is -0.117. The molecule has 1 amide bonds. The minimum atomic E-state index is -3.75. The van der Waals surface area contributed by atoms with Crippen LogP contribution < -0.4 is 9.62 Å². The summed E-state index contributed by atoms with van der Waals surface area (Å²) in [5, 5.41) is 2.79. The first-order valence-corrected chi connectivity index (χ1v) is 11.3. The van der Waals surface area contributed by atoms with Crippen LogP contribution in [0.2, 0.25) is 0 Å². The number of carbonyl (C=O) groups is 1. The highest BCUT2D eigenvalue weighted by Gasteiger charge is 2.31. The molecule has 28 heavy (non-hydrogen) atoms. The predicted molar refractivity (Wildman–Crippen MR) is 111 cm³/mol. The van der Waals surface area contributed by atoms with E-state index < -0.39 is 27.8 Å². The van der Waals surface area contributed by atoms with Gasteiger partial charge in [0.2, 0.25) is 15.9 Å². The average molecular weight is 407 g/mol. The van der Waals surface area contributed by atoms with E-state index in [0.29, 0.717) is 5.69 Å². The predicted octanol–water partition coefficient (Wildman–Crippen LogP) is 4.35. The third kappa shape index (κ3) is 5.79. The highest BCUT2D eigenvalue weighted by atomic mass is 32.2. The Morgan fingerprint density at radius 1 is 1.07 bits per heavy atom. The lowest BCUT2D eigenvalue weighted by atomic mass is 10.1. The number of hydrogen-bond acceptors (Lipinski definition) is 3. The highest BCUT2D eigenvalue weighted by Crippen LogP contribution is 2.24. The largest absolute Gasteiger partial charge is 0.324 e. The standard InChI is InChI=1S/C21H27FN2O3S/c1-4-6-7-16-8-12-18(13-9-16)23-21(25)20(5-2)24(28(3,26)27)19-14-10-17(22)11-15-19/h8-15,20H,4-7H2,1-3H3,(H,23,25). The van der Waals surface area contributed by atoms with Gasteiger partial charge < -0.3 is 5.32 Å². The van der Waals surface area contributed by atoms with E-state index >= 15 is 0 Å². The molecule has 2 aromatic rings. The van der Waals surface area contributed by atoms with Crippen molar-refractivity contribution < 1.29 is 17.6 Å². The summed E-state index contributed by atoms with van der Waals surface area (Å²) in [4.78, 5) is 12.8. The molecule has 0 heterocycles. The number of nitrogens with zero attached hydrogens (tertiary/aromatic N) is 1. The summed E-state index contributed by atoms with van der Waals surface area (Å²) < 4.78 is 39.0. The molecule has 5 nitrogen and oxygen atoms in total. The van der Waals surface area contributed by atoms with Crippen LogP contribution in [0.5, 0.6) is 0 Å². The van der Waals surface area contributed by atoms with Gasteiger partial charge in [0.1, 0.15) is 11.9 Å². The second kappa shape index (κ2) is 9.68. The van der Waals surface area contributed by atoms with Crippen LogP contribution in [0, 0.1) is 5.82 Å². The number of aryl methyl sites for hydroxylation is 1. The Morgan fingerprint density at radius 3 is 2.18 bits per heavy atom. The Balaban J connectivity index is 2.23. The number of nitrogens with one attached hydrogen (secondary N) is 1. The van der Waals surface area contributed by atoms with Crippen molar-refractivity contribution in [1.82, 2.24) is 0 Å². The van der Waals surface area contributed by atoms with Gasteiger partial charge >= 0.3 is 0 Å². The van der Waals surface area contributed by atoms with Crippen LogP contribution in [-0.4, -0.2) is 26.6 Å². The first-order chi connectivity index (χ1) is 13.3. The fourth-order valence-corrected chi connectivity index (χ4v) is 4.22.